The monoisotopic (exact) mass is 382 g/mol. The van der Waals surface area contributed by atoms with Crippen LogP contribution in [0.25, 0.3) is 0 Å². The maximum Gasteiger partial charge on any atom is 0.243 e. The highest BCUT2D eigenvalue weighted by molar-refractivity contribution is 5.90. The molecule has 0 aromatic heterocycles. The van der Waals surface area contributed by atoms with Gasteiger partial charge in [0.05, 0.1) is 13.1 Å². The van der Waals surface area contributed by atoms with E-state index in [9.17, 15) is 19.2 Å². The summed E-state index contributed by atoms with van der Waals surface area (Å²) in [4.78, 5) is 50.7. The summed E-state index contributed by atoms with van der Waals surface area (Å²) in [5, 5.41) is 13.9. The Morgan fingerprint density at radius 2 is 1.93 bits per heavy atom. The number of carbonyl (C=O) groups is 4. The summed E-state index contributed by atoms with van der Waals surface area (Å²) >= 11 is 0. The normalized spacial score (nSPS) is 15.0. The first-order valence-electron chi connectivity index (χ1n) is 9.13. The fourth-order valence-corrected chi connectivity index (χ4v) is 2.31. The van der Waals surface area contributed by atoms with Gasteiger partial charge in [-0.25, -0.2) is 0 Å². The molecule has 2 atom stereocenters. The molecule has 10 heteroatoms. The van der Waals surface area contributed by atoms with E-state index in [-0.39, 0.29) is 36.6 Å². The van der Waals surface area contributed by atoms with Crippen molar-refractivity contribution in [1.82, 2.24) is 26.6 Å². The zero-order chi connectivity index (χ0) is 20.2. The first-order valence-corrected chi connectivity index (χ1v) is 9.13. The van der Waals surface area contributed by atoms with Crippen molar-refractivity contribution in [1.29, 1.82) is 0 Å². The van der Waals surface area contributed by atoms with E-state index in [0.717, 1.165) is 19.0 Å². The Balaban J connectivity index is 2.34. The van der Waals surface area contributed by atoms with Crippen LogP contribution < -0.4 is 26.6 Å². The van der Waals surface area contributed by atoms with Crippen LogP contribution in [0.1, 0.15) is 33.6 Å². The van der Waals surface area contributed by atoms with E-state index in [1.807, 2.05) is 0 Å². The van der Waals surface area contributed by atoms with Crippen molar-refractivity contribution in [3.05, 3.63) is 0 Å². The molecule has 3 amide bonds. The van der Waals surface area contributed by atoms with E-state index in [2.05, 4.69) is 31.6 Å². The van der Waals surface area contributed by atoms with E-state index >= 15 is 0 Å². The Hall–Kier alpha value is -2.65. The van der Waals surface area contributed by atoms with Gasteiger partial charge in [0.15, 0.2) is 5.96 Å². The van der Waals surface area contributed by atoms with Crippen molar-refractivity contribution in [2.24, 2.45) is 10.9 Å². The number of nitrogens with one attached hydrogen (secondary N) is 5. The molecule has 0 saturated carbocycles. The predicted octanol–water partition coefficient (Wildman–Crippen LogP) is -1.72. The second-order valence-corrected chi connectivity index (χ2v) is 6.51. The van der Waals surface area contributed by atoms with Crippen LogP contribution in [0.5, 0.6) is 0 Å². The molecule has 0 aliphatic carbocycles. The lowest BCUT2D eigenvalue weighted by Gasteiger charge is -2.18. The van der Waals surface area contributed by atoms with Crippen LogP contribution >= 0.6 is 0 Å². The lowest BCUT2D eigenvalue weighted by Crippen LogP contribution is -2.49. The summed E-state index contributed by atoms with van der Waals surface area (Å²) in [6.07, 6.45) is 1.07. The highest BCUT2D eigenvalue weighted by atomic mass is 16.2. The summed E-state index contributed by atoms with van der Waals surface area (Å²) in [5.41, 5.74) is 0. The lowest BCUT2D eigenvalue weighted by molar-refractivity contribution is -0.130. The minimum Gasteiger partial charge on any atom is -0.356 e. The van der Waals surface area contributed by atoms with E-state index in [0.29, 0.717) is 19.4 Å². The number of guanidine groups is 1. The third kappa shape index (κ3) is 9.57. The molecule has 0 spiro atoms. The predicted molar refractivity (Wildman–Crippen MR) is 101 cm³/mol. The average molecular weight is 382 g/mol. The Bertz CT molecular complexity index is 578. The topological polar surface area (TPSA) is 141 Å². The summed E-state index contributed by atoms with van der Waals surface area (Å²) < 4.78 is 0. The lowest BCUT2D eigenvalue weighted by atomic mass is 10.1. The molecule has 0 aromatic carbocycles. The molecule has 0 saturated heterocycles. The second-order valence-electron chi connectivity index (χ2n) is 6.51. The van der Waals surface area contributed by atoms with E-state index in [4.69, 9.17) is 0 Å². The Morgan fingerprint density at radius 1 is 1.19 bits per heavy atom. The molecule has 0 radical (unpaired) electrons. The second kappa shape index (κ2) is 11.9. The van der Waals surface area contributed by atoms with Gasteiger partial charge in [0, 0.05) is 32.5 Å². The van der Waals surface area contributed by atoms with Gasteiger partial charge in [-0.2, -0.15) is 0 Å². The zero-order valence-electron chi connectivity index (χ0n) is 16.2. The van der Waals surface area contributed by atoms with Gasteiger partial charge in [-0.1, -0.05) is 6.92 Å². The number of Topliss-reactive ketones (excluding diaryl/α,β-unsaturated/α-hetero) is 1. The molecule has 10 nitrogen and oxygen atoms in total. The van der Waals surface area contributed by atoms with Crippen LogP contribution in [0.15, 0.2) is 4.99 Å². The Labute approximate surface area is 159 Å². The third-order valence-electron chi connectivity index (χ3n) is 4.05. The number of carbonyl (C=O) groups excluding carboxylic acids is 4. The fraction of sp³-hybridized carbons (Fsp3) is 0.706. The van der Waals surface area contributed by atoms with Crippen LogP contribution in [0.3, 0.4) is 0 Å². The quantitative estimate of drug-likeness (QED) is 0.269. The van der Waals surface area contributed by atoms with E-state index in [1.165, 1.54) is 13.8 Å². The molecule has 0 bridgehead atoms. The van der Waals surface area contributed by atoms with Crippen LogP contribution in [-0.4, -0.2) is 68.2 Å². The minimum absolute atomic E-state index is 0.0163. The Kier molecular flexibility index (Phi) is 9.84. The van der Waals surface area contributed by atoms with Gasteiger partial charge in [-0.3, -0.25) is 24.2 Å². The molecule has 1 rings (SSSR count). The number of nitrogens with zero attached hydrogens (tertiary/aromatic N) is 1. The smallest absolute Gasteiger partial charge is 0.243 e. The molecule has 1 aliphatic heterocycles. The first-order chi connectivity index (χ1) is 12.8. The van der Waals surface area contributed by atoms with Crippen LogP contribution in [-0.2, 0) is 19.2 Å². The highest BCUT2D eigenvalue weighted by Gasteiger charge is 2.20. The summed E-state index contributed by atoms with van der Waals surface area (Å²) in [6, 6.07) is -0.716. The molecule has 1 aliphatic rings. The van der Waals surface area contributed by atoms with Crippen molar-refractivity contribution in [3.63, 3.8) is 0 Å². The fourth-order valence-electron chi connectivity index (χ4n) is 2.31. The van der Waals surface area contributed by atoms with Gasteiger partial charge in [0.2, 0.25) is 17.7 Å². The SMILES string of the molecule is CC(=O)N[C@@H](CCCNC1=NCCN1)C(=O)NCC(=O)NC[C@H](C)C(C)=O. The number of rotatable bonds is 11. The largest absolute Gasteiger partial charge is 0.356 e. The standard InChI is InChI=1S/C17H30N6O4/c1-11(12(2)24)9-21-15(26)10-22-16(27)14(23-13(3)25)5-4-6-18-17-19-7-8-20-17/h11,14H,4-10H2,1-3H3,(H,21,26)(H,22,27)(H,23,25)(H2,18,19,20)/t11-,14-/m0/s1. The van der Waals surface area contributed by atoms with Crippen molar-refractivity contribution in [2.75, 3.05) is 32.7 Å². The van der Waals surface area contributed by atoms with E-state index in [1.54, 1.807) is 6.92 Å². The molecule has 5 N–H and O–H groups in total. The molecule has 0 aromatic rings. The van der Waals surface area contributed by atoms with E-state index < -0.39 is 11.9 Å². The minimum atomic E-state index is -0.716. The molecule has 27 heavy (non-hydrogen) atoms. The Morgan fingerprint density at radius 3 is 2.52 bits per heavy atom. The maximum atomic E-state index is 12.3. The van der Waals surface area contributed by atoms with Crippen LogP contribution in [0.2, 0.25) is 0 Å². The van der Waals surface area contributed by atoms with Crippen LogP contribution in [0.4, 0.5) is 0 Å². The molecular weight excluding hydrogens is 352 g/mol. The highest BCUT2D eigenvalue weighted by Crippen LogP contribution is 1.98. The molecular formula is C17H30N6O4. The van der Waals surface area contributed by atoms with Crippen molar-refractivity contribution >= 4 is 29.5 Å². The van der Waals surface area contributed by atoms with Gasteiger partial charge in [-0.15, -0.1) is 0 Å². The first kappa shape index (κ1) is 22.4. The average Bonchev–Trinajstić information content (AvgIpc) is 3.13. The molecule has 0 unspecified atom stereocenters. The van der Waals surface area contributed by atoms with Crippen molar-refractivity contribution in [2.45, 2.75) is 39.7 Å². The van der Waals surface area contributed by atoms with Gasteiger partial charge >= 0.3 is 0 Å². The number of hydrogen-bond donors (Lipinski definition) is 5. The van der Waals surface area contributed by atoms with Gasteiger partial charge < -0.3 is 26.6 Å². The van der Waals surface area contributed by atoms with Gasteiger partial charge in [-0.05, 0) is 19.8 Å². The zero-order valence-corrected chi connectivity index (χ0v) is 16.2. The van der Waals surface area contributed by atoms with Crippen molar-refractivity contribution < 1.29 is 19.2 Å². The summed E-state index contributed by atoms with van der Waals surface area (Å²) in [5.74, 6) is -0.668. The third-order valence-corrected chi connectivity index (χ3v) is 4.05. The van der Waals surface area contributed by atoms with Gasteiger partial charge in [0.25, 0.3) is 0 Å². The number of hydrogen-bond acceptors (Lipinski definition) is 7. The molecule has 0 fully saturated rings. The summed E-state index contributed by atoms with van der Waals surface area (Å²) in [6.45, 7) is 6.69. The number of ketones is 1. The van der Waals surface area contributed by atoms with Crippen molar-refractivity contribution in [3.8, 4) is 0 Å². The maximum absolute atomic E-state index is 12.3. The van der Waals surface area contributed by atoms with Crippen LogP contribution in [0, 0.1) is 5.92 Å². The number of amides is 3. The molecule has 152 valence electrons. The summed E-state index contributed by atoms with van der Waals surface area (Å²) in [7, 11) is 0. The van der Waals surface area contributed by atoms with Gasteiger partial charge in [0.1, 0.15) is 11.8 Å². The molecule has 1 heterocycles. The number of aliphatic imine (C=N–C) groups is 1.